The zero-order valence-electron chi connectivity index (χ0n) is 10.5. The van der Waals surface area contributed by atoms with Crippen LogP contribution in [0.1, 0.15) is 11.1 Å². The highest BCUT2D eigenvalue weighted by Gasteiger charge is 2.03. The van der Waals surface area contributed by atoms with E-state index >= 15 is 0 Å². The van der Waals surface area contributed by atoms with Gasteiger partial charge in [0.2, 0.25) is 0 Å². The summed E-state index contributed by atoms with van der Waals surface area (Å²) in [5, 5.41) is 9.78. The average Bonchev–Trinajstić information content (AvgIpc) is 2.40. The lowest BCUT2D eigenvalue weighted by molar-refractivity contribution is 0.306. The number of hydrogen-bond acceptors (Lipinski definition) is 3. The SMILES string of the molecule is NCCc1ccc(OCc2ccc(O)cc2)c(Cl)c1. The molecule has 0 fully saturated rings. The van der Waals surface area contributed by atoms with E-state index in [2.05, 4.69) is 0 Å². The topological polar surface area (TPSA) is 55.5 Å². The van der Waals surface area contributed by atoms with Crippen LogP contribution >= 0.6 is 11.6 Å². The van der Waals surface area contributed by atoms with Crippen LogP contribution in [0, 0.1) is 0 Å². The molecule has 0 radical (unpaired) electrons. The summed E-state index contributed by atoms with van der Waals surface area (Å²) in [6, 6.07) is 12.6. The Kier molecular flexibility index (Phi) is 4.66. The predicted octanol–water partition coefficient (Wildman–Crippen LogP) is 3.13. The molecule has 2 aromatic rings. The third-order valence-corrected chi connectivity index (χ3v) is 3.06. The Morgan fingerprint density at radius 1 is 1.05 bits per heavy atom. The number of nitrogens with two attached hydrogens (primary N) is 1. The summed E-state index contributed by atoms with van der Waals surface area (Å²) >= 11 is 6.15. The number of ether oxygens (including phenoxy) is 1. The van der Waals surface area contributed by atoms with Crippen molar-refractivity contribution in [2.45, 2.75) is 13.0 Å². The number of phenolic OH excluding ortho intramolecular Hbond substituents is 1. The van der Waals surface area contributed by atoms with Crippen molar-refractivity contribution in [3.8, 4) is 11.5 Å². The minimum atomic E-state index is 0.243. The van der Waals surface area contributed by atoms with Crippen LogP contribution in [0.15, 0.2) is 42.5 Å². The molecule has 0 atom stereocenters. The van der Waals surface area contributed by atoms with Crippen LogP contribution in [-0.2, 0) is 13.0 Å². The lowest BCUT2D eigenvalue weighted by Crippen LogP contribution is -2.03. The minimum Gasteiger partial charge on any atom is -0.508 e. The van der Waals surface area contributed by atoms with Gasteiger partial charge < -0.3 is 15.6 Å². The fourth-order valence-electron chi connectivity index (χ4n) is 1.74. The van der Waals surface area contributed by atoms with Crippen molar-refractivity contribution in [3.05, 3.63) is 58.6 Å². The molecule has 0 aliphatic heterocycles. The van der Waals surface area contributed by atoms with Gasteiger partial charge in [-0.1, -0.05) is 29.8 Å². The smallest absolute Gasteiger partial charge is 0.138 e. The number of aromatic hydroxyl groups is 1. The van der Waals surface area contributed by atoms with Gasteiger partial charge in [-0.15, -0.1) is 0 Å². The number of hydrogen-bond donors (Lipinski definition) is 2. The Balaban J connectivity index is 2.01. The van der Waals surface area contributed by atoms with E-state index in [4.69, 9.17) is 22.1 Å². The van der Waals surface area contributed by atoms with E-state index in [-0.39, 0.29) is 5.75 Å². The highest BCUT2D eigenvalue weighted by atomic mass is 35.5. The first-order chi connectivity index (χ1) is 9.19. The zero-order chi connectivity index (χ0) is 13.7. The van der Waals surface area contributed by atoms with E-state index in [9.17, 15) is 5.11 Å². The molecule has 0 bridgehead atoms. The lowest BCUT2D eigenvalue weighted by Gasteiger charge is -2.09. The van der Waals surface area contributed by atoms with E-state index in [0.29, 0.717) is 23.9 Å². The number of rotatable bonds is 5. The van der Waals surface area contributed by atoms with Crippen LogP contribution in [0.2, 0.25) is 5.02 Å². The molecule has 0 aromatic heterocycles. The average molecular weight is 278 g/mol. The van der Waals surface area contributed by atoms with Crippen molar-refractivity contribution in [1.82, 2.24) is 0 Å². The molecule has 0 aliphatic rings. The Labute approximate surface area is 117 Å². The van der Waals surface area contributed by atoms with E-state index < -0.39 is 0 Å². The monoisotopic (exact) mass is 277 g/mol. The first-order valence-electron chi connectivity index (χ1n) is 6.08. The maximum Gasteiger partial charge on any atom is 0.138 e. The molecule has 0 heterocycles. The third-order valence-electron chi connectivity index (χ3n) is 2.76. The van der Waals surface area contributed by atoms with Gasteiger partial charge in [-0.05, 0) is 48.4 Å². The molecular formula is C15H16ClNO2. The second-order valence-corrected chi connectivity index (χ2v) is 4.67. The van der Waals surface area contributed by atoms with Crippen molar-refractivity contribution in [2.24, 2.45) is 5.73 Å². The van der Waals surface area contributed by atoms with Crippen LogP contribution in [-0.4, -0.2) is 11.7 Å². The van der Waals surface area contributed by atoms with Crippen LogP contribution in [0.3, 0.4) is 0 Å². The van der Waals surface area contributed by atoms with Crippen LogP contribution < -0.4 is 10.5 Å². The van der Waals surface area contributed by atoms with Crippen molar-refractivity contribution < 1.29 is 9.84 Å². The first kappa shape index (κ1) is 13.7. The van der Waals surface area contributed by atoms with Gasteiger partial charge in [-0.2, -0.15) is 0 Å². The van der Waals surface area contributed by atoms with Crippen molar-refractivity contribution in [3.63, 3.8) is 0 Å². The van der Waals surface area contributed by atoms with Gasteiger partial charge in [0, 0.05) is 0 Å². The van der Waals surface area contributed by atoms with Crippen LogP contribution in [0.4, 0.5) is 0 Å². The van der Waals surface area contributed by atoms with Gasteiger partial charge in [-0.3, -0.25) is 0 Å². The van der Waals surface area contributed by atoms with Crippen LogP contribution in [0.25, 0.3) is 0 Å². The van der Waals surface area contributed by atoms with Crippen molar-refractivity contribution in [1.29, 1.82) is 0 Å². The standard InChI is InChI=1S/C15H16ClNO2/c16-14-9-11(7-8-17)3-6-15(14)19-10-12-1-4-13(18)5-2-12/h1-6,9,18H,7-8,10,17H2. The summed E-state index contributed by atoms with van der Waals surface area (Å²) in [5.74, 6) is 0.892. The highest BCUT2D eigenvalue weighted by Crippen LogP contribution is 2.26. The third kappa shape index (κ3) is 3.88. The number of benzene rings is 2. The summed E-state index contributed by atoms with van der Waals surface area (Å²) in [5.41, 5.74) is 7.57. The molecule has 0 saturated heterocycles. The molecule has 0 spiro atoms. The molecule has 100 valence electrons. The molecule has 3 nitrogen and oxygen atoms in total. The van der Waals surface area contributed by atoms with Crippen molar-refractivity contribution in [2.75, 3.05) is 6.54 Å². The summed E-state index contributed by atoms with van der Waals surface area (Å²) in [7, 11) is 0. The second-order valence-electron chi connectivity index (χ2n) is 4.26. The van der Waals surface area contributed by atoms with Gasteiger partial charge in [0.25, 0.3) is 0 Å². The Hall–Kier alpha value is -1.71. The number of halogens is 1. The van der Waals surface area contributed by atoms with Gasteiger partial charge >= 0.3 is 0 Å². The molecule has 19 heavy (non-hydrogen) atoms. The molecule has 2 aromatic carbocycles. The van der Waals surface area contributed by atoms with Gasteiger partial charge in [0.1, 0.15) is 18.1 Å². The lowest BCUT2D eigenvalue weighted by atomic mass is 10.1. The van der Waals surface area contributed by atoms with E-state index in [0.717, 1.165) is 17.5 Å². The molecule has 0 unspecified atom stereocenters. The van der Waals surface area contributed by atoms with E-state index in [1.165, 1.54) is 0 Å². The van der Waals surface area contributed by atoms with Gasteiger partial charge in [-0.25, -0.2) is 0 Å². The molecule has 0 saturated carbocycles. The fourth-order valence-corrected chi connectivity index (χ4v) is 1.99. The quantitative estimate of drug-likeness (QED) is 0.883. The largest absolute Gasteiger partial charge is 0.508 e. The summed E-state index contributed by atoms with van der Waals surface area (Å²) in [4.78, 5) is 0. The van der Waals surface area contributed by atoms with Crippen LogP contribution in [0.5, 0.6) is 11.5 Å². The summed E-state index contributed by atoms with van der Waals surface area (Å²) in [6.45, 7) is 1.01. The van der Waals surface area contributed by atoms with E-state index in [1.54, 1.807) is 12.1 Å². The Morgan fingerprint density at radius 2 is 1.74 bits per heavy atom. The summed E-state index contributed by atoms with van der Waals surface area (Å²) in [6.07, 6.45) is 0.804. The predicted molar refractivity (Wildman–Crippen MR) is 76.6 cm³/mol. The molecule has 0 aliphatic carbocycles. The first-order valence-corrected chi connectivity index (χ1v) is 6.46. The molecule has 0 amide bonds. The normalized spacial score (nSPS) is 10.4. The summed E-state index contributed by atoms with van der Waals surface area (Å²) < 4.78 is 5.65. The molecular weight excluding hydrogens is 262 g/mol. The zero-order valence-corrected chi connectivity index (χ0v) is 11.2. The Morgan fingerprint density at radius 3 is 2.37 bits per heavy atom. The minimum absolute atomic E-state index is 0.243. The second kappa shape index (κ2) is 6.45. The number of phenols is 1. The molecule has 2 rings (SSSR count). The molecule has 3 N–H and O–H groups in total. The van der Waals surface area contributed by atoms with Gasteiger partial charge in [0.05, 0.1) is 5.02 Å². The van der Waals surface area contributed by atoms with E-state index in [1.807, 2.05) is 30.3 Å². The van der Waals surface area contributed by atoms with Crippen molar-refractivity contribution >= 4 is 11.6 Å². The van der Waals surface area contributed by atoms with Gasteiger partial charge in [0.15, 0.2) is 0 Å². The molecule has 4 heteroatoms. The fraction of sp³-hybridized carbons (Fsp3) is 0.200. The maximum atomic E-state index is 9.19. The maximum absolute atomic E-state index is 9.19. The Bertz CT molecular complexity index is 540. The highest BCUT2D eigenvalue weighted by molar-refractivity contribution is 6.32.